The predicted octanol–water partition coefficient (Wildman–Crippen LogP) is 2.71. The molecule has 0 bridgehead atoms. The smallest absolute Gasteiger partial charge is 0.142 e. The number of aldehydes is 1. The molecule has 2 nitrogen and oxygen atoms in total. The SMILES string of the molecule is O=CC(Cl)c1cccc2cccnc12. The summed E-state index contributed by atoms with van der Waals surface area (Å²) in [6, 6.07) is 9.44. The third kappa shape index (κ3) is 1.49. The largest absolute Gasteiger partial charge is 0.301 e. The summed E-state index contributed by atoms with van der Waals surface area (Å²) in [5, 5.41) is 0.381. The minimum absolute atomic E-state index is 0.617. The summed E-state index contributed by atoms with van der Waals surface area (Å²) >= 11 is 5.86. The normalized spacial score (nSPS) is 12.6. The molecular formula is C11H8ClNO. The number of fused-ring (bicyclic) bond motifs is 1. The van der Waals surface area contributed by atoms with Gasteiger partial charge in [0.25, 0.3) is 0 Å². The van der Waals surface area contributed by atoms with Crippen LogP contribution in [0.5, 0.6) is 0 Å². The molecule has 3 heteroatoms. The van der Waals surface area contributed by atoms with Crippen molar-refractivity contribution in [3.05, 3.63) is 42.1 Å². The lowest BCUT2D eigenvalue weighted by atomic mass is 10.1. The number of alkyl halides is 1. The molecule has 0 aliphatic rings. The lowest BCUT2D eigenvalue weighted by Gasteiger charge is -2.05. The van der Waals surface area contributed by atoms with Crippen LogP contribution in [0.4, 0.5) is 0 Å². The van der Waals surface area contributed by atoms with Crippen LogP contribution in [0.1, 0.15) is 10.9 Å². The van der Waals surface area contributed by atoms with Crippen molar-refractivity contribution in [1.29, 1.82) is 0 Å². The van der Waals surface area contributed by atoms with E-state index in [0.717, 1.165) is 16.5 Å². The summed E-state index contributed by atoms with van der Waals surface area (Å²) in [4.78, 5) is 14.8. The average molecular weight is 206 g/mol. The maximum Gasteiger partial charge on any atom is 0.142 e. The molecule has 0 radical (unpaired) electrons. The molecule has 0 fully saturated rings. The van der Waals surface area contributed by atoms with Crippen molar-refractivity contribution in [3.63, 3.8) is 0 Å². The van der Waals surface area contributed by atoms with Gasteiger partial charge in [0.15, 0.2) is 0 Å². The number of benzene rings is 1. The molecule has 0 N–H and O–H groups in total. The maximum atomic E-state index is 10.6. The van der Waals surface area contributed by atoms with E-state index in [1.165, 1.54) is 0 Å². The van der Waals surface area contributed by atoms with Crippen LogP contribution in [0.3, 0.4) is 0 Å². The number of nitrogens with zero attached hydrogens (tertiary/aromatic N) is 1. The first-order valence-electron chi connectivity index (χ1n) is 4.26. The molecule has 1 unspecified atom stereocenters. The molecule has 70 valence electrons. The highest BCUT2D eigenvalue weighted by molar-refractivity contribution is 6.28. The van der Waals surface area contributed by atoms with Gasteiger partial charge in [0.2, 0.25) is 0 Å². The summed E-state index contributed by atoms with van der Waals surface area (Å²) in [5.41, 5.74) is 1.56. The Bertz CT molecular complexity index is 464. The van der Waals surface area contributed by atoms with Crippen molar-refractivity contribution in [1.82, 2.24) is 4.98 Å². The molecular weight excluding hydrogens is 198 g/mol. The Morgan fingerprint density at radius 3 is 2.86 bits per heavy atom. The first kappa shape index (κ1) is 9.16. The average Bonchev–Trinajstić information content (AvgIpc) is 2.27. The van der Waals surface area contributed by atoms with Crippen LogP contribution in [-0.2, 0) is 4.79 Å². The summed E-state index contributed by atoms with van der Waals surface area (Å²) in [6.45, 7) is 0. The first-order valence-corrected chi connectivity index (χ1v) is 4.69. The summed E-state index contributed by atoms with van der Waals surface area (Å²) in [5.74, 6) is 0. The van der Waals surface area contributed by atoms with Crippen molar-refractivity contribution >= 4 is 28.8 Å². The molecule has 1 heterocycles. The third-order valence-electron chi connectivity index (χ3n) is 2.08. The summed E-state index contributed by atoms with van der Waals surface area (Å²) in [6.07, 6.45) is 2.41. The Kier molecular flexibility index (Phi) is 2.46. The molecule has 0 aliphatic heterocycles. The van der Waals surface area contributed by atoms with Gasteiger partial charge in [0.1, 0.15) is 11.7 Å². The highest BCUT2D eigenvalue weighted by Crippen LogP contribution is 2.24. The van der Waals surface area contributed by atoms with Crippen molar-refractivity contribution < 1.29 is 4.79 Å². The van der Waals surface area contributed by atoms with Crippen LogP contribution in [0.2, 0.25) is 0 Å². The lowest BCUT2D eigenvalue weighted by molar-refractivity contribution is -0.107. The Morgan fingerprint density at radius 2 is 2.07 bits per heavy atom. The summed E-state index contributed by atoms with van der Waals surface area (Å²) < 4.78 is 0. The molecule has 14 heavy (non-hydrogen) atoms. The van der Waals surface area contributed by atoms with Crippen molar-refractivity contribution in [2.75, 3.05) is 0 Å². The number of rotatable bonds is 2. The Balaban J connectivity index is 2.70. The van der Waals surface area contributed by atoms with Gasteiger partial charge in [-0.2, -0.15) is 0 Å². The zero-order valence-corrected chi connectivity index (χ0v) is 8.11. The third-order valence-corrected chi connectivity index (χ3v) is 2.42. The van der Waals surface area contributed by atoms with Gasteiger partial charge in [-0.25, -0.2) is 0 Å². The number of hydrogen-bond acceptors (Lipinski definition) is 2. The topological polar surface area (TPSA) is 30.0 Å². The molecule has 0 amide bonds. The molecule has 2 rings (SSSR count). The highest BCUT2D eigenvalue weighted by atomic mass is 35.5. The van der Waals surface area contributed by atoms with Gasteiger partial charge in [-0.3, -0.25) is 4.98 Å². The first-order chi connectivity index (χ1) is 6.83. The van der Waals surface area contributed by atoms with E-state index in [0.29, 0.717) is 6.29 Å². The van der Waals surface area contributed by atoms with Gasteiger partial charge in [0, 0.05) is 17.1 Å². The molecule has 2 aromatic rings. The van der Waals surface area contributed by atoms with E-state index in [1.807, 2.05) is 30.3 Å². The highest BCUT2D eigenvalue weighted by Gasteiger charge is 2.10. The monoisotopic (exact) mass is 205 g/mol. The predicted molar refractivity (Wildman–Crippen MR) is 56.4 cm³/mol. The van der Waals surface area contributed by atoms with Crippen LogP contribution in [-0.4, -0.2) is 11.3 Å². The van der Waals surface area contributed by atoms with E-state index in [1.54, 1.807) is 6.20 Å². The molecule has 0 saturated heterocycles. The van der Waals surface area contributed by atoms with E-state index in [-0.39, 0.29) is 0 Å². The van der Waals surface area contributed by atoms with E-state index in [2.05, 4.69) is 4.98 Å². The second-order valence-corrected chi connectivity index (χ2v) is 3.43. The second kappa shape index (κ2) is 3.76. The maximum absolute atomic E-state index is 10.6. The Hall–Kier alpha value is -1.41. The van der Waals surface area contributed by atoms with E-state index in [4.69, 9.17) is 11.6 Å². The van der Waals surface area contributed by atoms with Crippen LogP contribution >= 0.6 is 11.6 Å². The molecule has 1 aromatic carbocycles. The number of halogens is 1. The quantitative estimate of drug-likeness (QED) is 0.558. The Morgan fingerprint density at radius 1 is 1.29 bits per heavy atom. The standard InChI is InChI=1S/C11H8ClNO/c12-10(7-14)9-5-1-3-8-4-2-6-13-11(8)9/h1-7,10H. The van der Waals surface area contributed by atoms with Crippen molar-refractivity contribution in [2.45, 2.75) is 5.38 Å². The molecule has 0 saturated carbocycles. The number of aromatic nitrogens is 1. The van der Waals surface area contributed by atoms with Crippen LogP contribution in [0, 0.1) is 0 Å². The minimum atomic E-state index is -0.617. The van der Waals surface area contributed by atoms with Gasteiger partial charge >= 0.3 is 0 Å². The van der Waals surface area contributed by atoms with Crippen molar-refractivity contribution in [2.24, 2.45) is 0 Å². The van der Waals surface area contributed by atoms with Gasteiger partial charge in [-0.15, -0.1) is 11.6 Å². The summed E-state index contributed by atoms with van der Waals surface area (Å²) in [7, 11) is 0. The fourth-order valence-electron chi connectivity index (χ4n) is 1.42. The van der Waals surface area contributed by atoms with Gasteiger partial charge in [-0.05, 0) is 6.07 Å². The second-order valence-electron chi connectivity index (χ2n) is 2.96. The van der Waals surface area contributed by atoms with Crippen LogP contribution in [0.25, 0.3) is 10.9 Å². The zero-order valence-electron chi connectivity index (χ0n) is 7.35. The number of hydrogen-bond donors (Lipinski definition) is 0. The number of carbonyl (C=O) groups is 1. The molecule has 1 atom stereocenters. The lowest BCUT2D eigenvalue weighted by Crippen LogP contribution is -1.93. The fourth-order valence-corrected chi connectivity index (χ4v) is 1.60. The minimum Gasteiger partial charge on any atom is -0.301 e. The van der Waals surface area contributed by atoms with Crippen LogP contribution < -0.4 is 0 Å². The van der Waals surface area contributed by atoms with E-state index in [9.17, 15) is 4.79 Å². The number of para-hydroxylation sites is 1. The van der Waals surface area contributed by atoms with Gasteiger partial charge in [-0.1, -0.05) is 24.3 Å². The van der Waals surface area contributed by atoms with E-state index < -0.39 is 5.38 Å². The molecule has 0 spiro atoms. The van der Waals surface area contributed by atoms with E-state index >= 15 is 0 Å². The number of carbonyl (C=O) groups excluding carboxylic acids is 1. The molecule has 0 aliphatic carbocycles. The Labute approximate surface area is 86.5 Å². The van der Waals surface area contributed by atoms with Crippen molar-refractivity contribution in [3.8, 4) is 0 Å². The van der Waals surface area contributed by atoms with Crippen LogP contribution in [0.15, 0.2) is 36.5 Å². The number of pyridine rings is 1. The van der Waals surface area contributed by atoms with Gasteiger partial charge < -0.3 is 4.79 Å². The fraction of sp³-hybridized carbons (Fsp3) is 0.0909. The van der Waals surface area contributed by atoms with Gasteiger partial charge in [0.05, 0.1) is 5.52 Å². The molecule has 1 aromatic heterocycles. The zero-order chi connectivity index (χ0) is 9.97.